The lowest BCUT2D eigenvalue weighted by molar-refractivity contribution is -0.387. The van der Waals surface area contributed by atoms with Crippen molar-refractivity contribution in [2.45, 2.75) is 140 Å². The van der Waals surface area contributed by atoms with Gasteiger partial charge in [-0.15, -0.1) is 17.9 Å². The molecular weight excluding hydrogens is 861 g/mol. The van der Waals surface area contributed by atoms with Gasteiger partial charge in [-0.05, 0) is 68.4 Å². The van der Waals surface area contributed by atoms with Crippen LogP contribution in [0.1, 0.15) is 88.5 Å². The number of carbonyl (C=O) groups is 4. The van der Waals surface area contributed by atoms with E-state index < -0.39 is 125 Å². The van der Waals surface area contributed by atoms with Crippen LogP contribution in [0.2, 0.25) is 0 Å². The Kier molecular flexibility index (Phi) is 14.8. The van der Waals surface area contributed by atoms with Crippen LogP contribution in [0.4, 0.5) is 10.5 Å². The molecule has 3 aliphatic heterocycles. The molecule has 0 amide bonds. The van der Waals surface area contributed by atoms with Gasteiger partial charge in [-0.3, -0.25) is 19.7 Å². The first-order valence-electron chi connectivity index (χ1n) is 20.9. The second-order valence-electron chi connectivity index (χ2n) is 17.4. The van der Waals surface area contributed by atoms with E-state index in [1.807, 2.05) is 39.0 Å². The summed E-state index contributed by atoms with van der Waals surface area (Å²) in [5.41, 5.74) is -1.21. The van der Waals surface area contributed by atoms with Crippen LogP contribution in [0.5, 0.6) is 5.75 Å². The molecule has 3 saturated heterocycles. The fourth-order valence-electron chi connectivity index (χ4n) is 8.34. The van der Waals surface area contributed by atoms with Crippen LogP contribution >= 0.6 is 11.3 Å². The number of benzene rings is 2. The highest BCUT2D eigenvalue weighted by molar-refractivity contribution is 7.18. The number of carboxylic acids is 1. The number of ketones is 1. The molecule has 0 unspecified atom stereocenters. The summed E-state index contributed by atoms with van der Waals surface area (Å²) in [6.07, 6.45) is -11.7. The number of cyclic esters (lactones) is 1. The molecule has 4 heterocycles. The molecule has 6 rings (SSSR count). The molecule has 5 N–H and O–H groups in total. The van der Waals surface area contributed by atoms with Crippen LogP contribution in [-0.2, 0) is 44.7 Å². The van der Waals surface area contributed by atoms with Crippen molar-refractivity contribution in [2.24, 2.45) is 17.3 Å². The molecule has 19 nitrogen and oxygen atoms in total. The minimum absolute atomic E-state index is 0.0293. The number of carboxylic acid groups (broad SMARTS) is 1. The van der Waals surface area contributed by atoms with E-state index in [-0.39, 0.29) is 18.1 Å². The second-order valence-corrected chi connectivity index (χ2v) is 18.7. The van der Waals surface area contributed by atoms with Gasteiger partial charge in [0.25, 0.3) is 0 Å². The van der Waals surface area contributed by atoms with E-state index >= 15 is 0 Å². The largest absolute Gasteiger partial charge is 0.508 e. The summed E-state index contributed by atoms with van der Waals surface area (Å²) < 4.78 is 35.0. The van der Waals surface area contributed by atoms with Crippen LogP contribution < -0.4 is 4.74 Å². The topological polar surface area (TPSA) is 284 Å². The number of aromatic nitrogens is 1. The van der Waals surface area contributed by atoms with Crippen molar-refractivity contribution >= 4 is 51.1 Å². The molecule has 0 radical (unpaired) electrons. The minimum Gasteiger partial charge on any atom is -0.479 e. The molecule has 3 fully saturated rings. The monoisotopic (exact) mass is 914 g/mol. The lowest BCUT2D eigenvalue weighted by atomic mass is 9.71. The summed E-state index contributed by atoms with van der Waals surface area (Å²) in [5, 5.41) is 64.3. The van der Waals surface area contributed by atoms with Crippen molar-refractivity contribution in [1.29, 1.82) is 0 Å². The molecule has 3 aliphatic rings. The average Bonchev–Trinajstić information content (AvgIpc) is 3.71. The molecule has 12 atom stereocenters. The number of thiazole rings is 1. The predicted molar refractivity (Wildman–Crippen MR) is 225 cm³/mol. The van der Waals surface area contributed by atoms with E-state index in [0.717, 1.165) is 32.9 Å². The Hall–Kier alpha value is -5.09. The van der Waals surface area contributed by atoms with E-state index in [9.17, 15) is 54.8 Å². The summed E-state index contributed by atoms with van der Waals surface area (Å²) in [6.45, 7) is 12.0. The van der Waals surface area contributed by atoms with Crippen molar-refractivity contribution in [3.05, 3.63) is 75.3 Å². The van der Waals surface area contributed by atoms with Gasteiger partial charge in [0.15, 0.2) is 11.9 Å². The van der Waals surface area contributed by atoms with Gasteiger partial charge in [0.05, 0.1) is 55.7 Å². The molecule has 20 heteroatoms. The Morgan fingerprint density at radius 1 is 1.08 bits per heavy atom. The number of fused-ring (bicyclic) bond motifs is 2. The van der Waals surface area contributed by atoms with Gasteiger partial charge in [0, 0.05) is 12.5 Å². The molecule has 0 saturated carbocycles. The van der Waals surface area contributed by atoms with Crippen LogP contribution in [0.25, 0.3) is 10.2 Å². The maximum absolute atomic E-state index is 14.5. The second kappa shape index (κ2) is 19.6. The number of aliphatic carboxylic acids is 1. The van der Waals surface area contributed by atoms with Crippen molar-refractivity contribution < 1.29 is 78.1 Å². The van der Waals surface area contributed by atoms with Crippen molar-refractivity contribution in [1.82, 2.24) is 4.98 Å². The fourth-order valence-corrected chi connectivity index (χ4v) is 9.15. The Morgan fingerprint density at radius 2 is 1.81 bits per heavy atom. The van der Waals surface area contributed by atoms with E-state index in [1.165, 1.54) is 26.0 Å². The van der Waals surface area contributed by atoms with Gasteiger partial charge in [0.2, 0.25) is 6.29 Å². The smallest absolute Gasteiger partial charge is 0.479 e. The number of aliphatic hydroxyl groups excluding tert-OH is 4. The Morgan fingerprint density at radius 3 is 2.50 bits per heavy atom. The molecule has 3 aromatic rings. The number of aliphatic hydroxyl groups is 4. The van der Waals surface area contributed by atoms with Crippen molar-refractivity contribution in [3.8, 4) is 5.75 Å². The maximum Gasteiger partial charge on any atom is 0.508 e. The number of nitro groups is 1. The predicted octanol–water partition coefficient (Wildman–Crippen LogP) is 5.00. The molecule has 2 aromatic carbocycles. The number of ether oxygens (including phenoxy) is 6. The molecular formula is C44H54N2O17S. The number of hydrogen-bond acceptors (Lipinski definition) is 18. The first-order chi connectivity index (χ1) is 30.1. The third-order valence-corrected chi connectivity index (χ3v) is 13.3. The number of aryl methyl sites for hydroxylation is 1. The highest BCUT2D eigenvalue weighted by Crippen LogP contribution is 2.47. The molecule has 0 spiro atoms. The van der Waals surface area contributed by atoms with Gasteiger partial charge in [-0.2, -0.15) is 0 Å². The van der Waals surface area contributed by atoms with Gasteiger partial charge in [0.1, 0.15) is 42.9 Å². The molecule has 64 heavy (non-hydrogen) atoms. The number of nitro benzene ring substituents is 1. The fraction of sp³-hybridized carbons (Fsp3) is 0.568. The maximum atomic E-state index is 14.5. The van der Waals surface area contributed by atoms with Gasteiger partial charge in [-0.25, -0.2) is 14.6 Å². The number of allylic oxidation sites excluding steroid dienone is 1. The normalized spacial score (nSPS) is 32.4. The van der Waals surface area contributed by atoms with E-state index in [4.69, 9.17) is 28.4 Å². The molecule has 1 aromatic heterocycles. The number of epoxide rings is 1. The highest BCUT2D eigenvalue weighted by Gasteiger charge is 2.53. The number of hydrogen-bond donors (Lipinski definition) is 5. The summed E-state index contributed by atoms with van der Waals surface area (Å²) in [4.78, 5) is 68.9. The number of esters is 1. The molecule has 0 aliphatic carbocycles. The van der Waals surface area contributed by atoms with Gasteiger partial charge in [-0.1, -0.05) is 45.4 Å². The third kappa shape index (κ3) is 10.7. The number of nitrogens with zero attached hydrogens (tertiary/aromatic N) is 2. The zero-order valence-electron chi connectivity index (χ0n) is 36.0. The zero-order chi connectivity index (χ0) is 46.8. The van der Waals surface area contributed by atoms with Gasteiger partial charge < -0.3 is 54.0 Å². The van der Waals surface area contributed by atoms with Crippen molar-refractivity contribution in [3.63, 3.8) is 0 Å². The number of Topliss-reactive ketones (excluding diaryl/α,β-unsaturated/α-hetero) is 1. The summed E-state index contributed by atoms with van der Waals surface area (Å²) in [6, 6.07) is 9.06. The number of rotatable bonds is 10. The van der Waals surface area contributed by atoms with Gasteiger partial charge >= 0.3 is 23.8 Å². The Balaban J connectivity index is 1.18. The lowest BCUT2D eigenvalue weighted by Gasteiger charge is -2.38. The third-order valence-electron chi connectivity index (χ3n) is 12.4. The van der Waals surface area contributed by atoms with Crippen molar-refractivity contribution in [2.75, 3.05) is 0 Å². The first-order valence-corrected chi connectivity index (χ1v) is 21.7. The minimum atomic E-state index is -2.02. The standard InChI is InChI=1S/C44H54N2O17S/c1-7-9-25-37(62-42(55)58-20-23-11-13-28(27(16-23)46(56)57)60-41-36(51)34(49)35(50)38(61-41)40(53)54)21(2)10-8-15-44(6)32(63-44)18-29(24-12-14-30-26(17-24)45-22(3)64-30)59-33(48)19-31(47)43(4,5)39(25)52/h7,11-14,16-17,21,25,29,31-32,34-38,41,47,49-51H,1,8-10,15,18-20H2,2-6H3,(H,53,54)/t21-,25+,29-,31-,32-,34-,35-,36+,37-,38-,41+,44+/m0/s1. The van der Waals surface area contributed by atoms with Crippen LogP contribution in [0.15, 0.2) is 49.1 Å². The van der Waals surface area contributed by atoms with E-state index in [1.54, 1.807) is 11.3 Å². The Labute approximate surface area is 372 Å². The Bertz CT molecular complexity index is 2250. The van der Waals surface area contributed by atoms with E-state index in [0.29, 0.717) is 25.7 Å². The summed E-state index contributed by atoms with van der Waals surface area (Å²) in [7, 11) is 0. The summed E-state index contributed by atoms with van der Waals surface area (Å²) in [5.74, 6) is -4.91. The van der Waals surface area contributed by atoms with Crippen LogP contribution in [0, 0.1) is 34.3 Å². The average molecular weight is 915 g/mol. The van der Waals surface area contributed by atoms with Crippen LogP contribution in [0.3, 0.4) is 0 Å². The SMILES string of the molecule is C=CC[C@H]1C(=O)C(C)(C)[C@@H](O)CC(=O)O[C@H](c2ccc3sc(C)nc3c2)C[C@@H]2O[C@]2(C)CCC[C@H](C)[C@@H]1OC(=O)OCc1ccc(O[C@@H]2O[C@H](C(=O)O)[C@@H](O)[C@H](O)[C@H]2O)c([N+](=O)[O-])c1. The van der Waals surface area contributed by atoms with Crippen LogP contribution in [-0.4, -0.2) is 114 Å². The first kappa shape index (κ1) is 48.4. The number of carbonyl (C=O) groups excluding carboxylic acids is 3. The quantitative estimate of drug-likeness (QED) is 0.0588. The lowest BCUT2D eigenvalue weighted by Crippen LogP contribution is -2.61. The van der Waals surface area contributed by atoms with E-state index in [2.05, 4.69) is 11.6 Å². The summed E-state index contributed by atoms with van der Waals surface area (Å²) >= 11 is 1.55. The highest BCUT2D eigenvalue weighted by atomic mass is 32.1. The zero-order valence-corrected chi connectivity index (χ0v) is 36.8. The molecule has 348 valence electrons. The molecule has 0 bridgehead atoms.